The predicted octanol–water partition coefficient (Wildman–Crippen LogP) is 5.33. The zero-order chi connectivity index (χ0) is 24.4. The molecule has 0 bridgehead atoms. The van der Waals surface area contributed by atoms with Gasteiger partial charge in [0.15, 0.2) is 0 Å². The summed E-state index contributed by atoms with van der Waals surface area (Å²) in [4.78, 5) is 29.9. The van der Waals surface area contributed by atoms with Crippen molar-refractivity contribution in [3.05, 3.63) is 84.8 Å². The van der Waals surface area contributed by atoms with Crippen molar-refractivity contribution in [2.24, 2.45) is 5.41 Å². The standard InChI is InChI=1S/C27H21FN3O4/c1-34-21-10-11-23-22(16-21)24(12-15-29-23)35-20-8-6-19(7-9-20)31-26(33)27(13-14-27)25(32)30-18-4-2-17(28)3-5-18/h2-9,11-12,15-16H,13-14H2,1H3,(H,30,32)(H,31,33). The minimum Gasteiger partial charge on any atom is -0.496 e. The smallest absolute Gasteiger partial charge is 0.240 e. The highest BCUT2D eigenvalue weighted by molar-refractivity contribution is 6.16. The molecule has 1 heterocycles. The van der Waals surface area contributed by atoms with E-state index in [1.165, 1.54) is 24.3 Å². The number of carbonyl (C=O) groups excluding carboxylic acids is 2. The topological polar surface area (TPSA) is 89.6 Å². The molecular weight excluding hydrogens is 449 g/mol. The molecule has 0 saturated heterocycles. The molecule has 8 heteroatoms. The first-order valence-electron chi connectivity index (χ1n) is 11.0. The Morgan fingerprint density at radius 1 is 0.971 bits per heavy atom. The molecule has 0 atom stereocenters. The summed E-state index contributed by atoms with van der Waals surface area (Å²) in [5, 5.41) is 6.29. The van der Waals surface area contributed by atoms with E-state index in [2.05, 4.69) is 21.7 Å². The van der Waals surface area contributed by atoms with Crippen LogP contribution >= 0.6 is 0 Å². The van der Waals surface area contributed by atoms with E-state index < -0.39 is 17.1 Å². The van der Waals surface area contributed by atoms with E-state index in [0.717, 1.165) is 10.9 Å². The number of hydrogen-bond acceptors (Lipinski definition) is 5. The van der Waals surface area contributed by atoms with Gasteiger partial charge in [0.1, 0.15) is 28.5 Å². The van der Waals surface area contributed by atoms with Gasteiger partial charge in [0.05, 0.1) is 12.6 Å². The minimum atomic E-state index is -1.13. The molecule has 35 heavy (non-hydrogen) atoms. The molecule has 1 fully saturated rings. The molecule has 0 spiro atoms. The van der Waals surface area contributed by atoms with Crippen LogP contribution in [0.15, 0.2) is 72.9 Å². The molecule has 0 unspecified atom stereocenters. The summed E-state index contributed by atoms with van der Waals surface area (Å²) in [6, 6.07) is 20.6. The Bertz CT molecular complexity index is 1400. The second-order valence-corrected chi connectivity index (χ2v) is 8.23. The number of amides is 2. The number of ether oxygens (including phenoxy) is 2. The normalized spacial score (nSPS) is 13.7. The number of benzene rings is 3. The second kappa shape index (κ2) is 9.06. The van der Waals surface area contributed by atoms with E-state index >= 15 is 0 Å². The zero-order valence-electron chi connectivity index (χ0n) is 18.8. The Kier molecular flexibility index (Phi) is 5.78. The summed E-state index contributed by atoms with van der Waals surface area (Å²) in [6.45, 7) is 0. The maximum Gasteiger partial charge on any atom is 0.240 e. The fraction of sp³-hybridized carbons (Fsp3) is 0.148. The van der Waals surface area contributed by atoms with Crippen LogP contribution in [0.4, 0.5) is 15.8 Å². The fourth-order valence-electron chi connectivity index (χ4n) is 3.70. The number of halogens is 1. The van der Waals surface area contributed by atoms with E-state index in [-0.39, 0.29) is 5.91 Å². The SMILES string of the molecule is COc1[c]cc2nccc(Oc3ccc(NC(=O)C4(C(=O)Nc5ccc(F)cc5)CC4)cc3)c2c1. The number of anilines is 2. The van der Waals surface area contributed by atoms with Gasteiger partial charge in [-0.1, -0.05) is 0 Å². The van der Waals surface area contributed by atoms with Gasteiger partial charge in [0, 0.05) is 29.0 Å². The maximum absolute atomic E-state index is 13.1. The van der Waals surface area contributed by atoms with Crippen molar-refractivity contribution >= 4 is 34.1 Å². The van der Waals surface area contributed by atoms with Crippen LogP contribution in [0.1, 0.15) is 12.8 Å². The molecule has 0 aliphatic heterocycles. The van der Waals surface area contributed by atoms with Crippen molar-refractivity contribution in [3.8, 4) is 17.2 Å². The molecule has 1 radical (unpaired) electrons. The highest BCUT2D eigenvalue weighted by Crippen LogP contribution is 2.47. The molecule has 1 saturated carbocycles. The van der Waals surface area contributed by atoms with E-state index in [1.807, 2.05) is 0 Å². The summed E-state index contributed by atoms with van der Waals surface area (Å²) in [7, 11) is 1.57. The lowest BCUT2D eigenvalue weighted by Gasteiger charge is -2.16. The van der Waals surface area contributed by atoms with Crippen molar-refractivity contribution in [3.63, 3.8) is 0 Å². The van der Waals surface area contributed by atoms with Crippen molar-refractivity contribution in [1.82, 2.24) is 4.98 Å². The number of methoxy groups -OCH3 is 1. The quantitative estimate of drug-likeness (QED) is 0.356. The van der Waals surface area contributed by atoms with Gasteiger partial charge in [0.25, 0.3) is 0 Å². The first-order chi connectivity index (χ1) is 17.0. The molecule has 1 aliphatic carbocycles. The van der Waals surface area contributed by atoms with E-state index in [4.69, 9.17) is 9.47 Å². The Balaban J connectivity index is 1.26. The van der Waals surface area contributed by atoms with Crippen LogP contribution in [-0.4, -0.2) is 23.9 Å². The largest absolute Gasteiger partial charge is 0.496 e. The fourth-order valence-corrected chi connectivity index (χ4v) is 3.70. The van der Waals surface area contributed by atoms with Crippen LogP contribution in [-0.2, 0) is 9.59 Å². The highest BCUT2D eigenvalue weighted by Gasteiger charge is 2.56. The monoisotopic (exact) mass is 470 g/mol. The molecule has 3 aromatic carbocycles. The van der Waals surface area contributed by atoms with E-state index in [0.29, 0.717) is 41.5 Å². The van der Waals surface area contributed by atoms with Crippen LogP contribution in [0, 0.1) is 17.3 Å². The number of pyridine rings is 1. The Morgan fingerprint density at radius 3 is 2.20 bits per heavy atom. The van der Waals surface area contributed by atoms with E-state index in [1.54, 1.807) is 55.8 Å². The Morgan fingerprint density at radius 2 is 1.60 bits per heavy atom. The van der Waals surface area contributed by atoms with Crippen molar-refractivity contribution < 1.29 is 23.5 Å². The zero-order valence-corrected chi connectivity index (χ0v) is 18.8. The van der Waals surface area contributed by atoms with Crippen LogP contribution in [0.2, 0.25) is 0 Å². The molecule has 175 valence electrons. The Labute approximate surface area is 200 Å². The second-order valence-electron chi connectivity index (χ2n) is 8.23. The maximum atomic E-state index is 13.1. The lowest BCUT2D eigenvalue weighted by Crippen LogP contribution is -2.35. The molecule has 2 amide bonds. The number of nitrogens with zero attached hydrogens (tertiary/aromatic N) is 1. The lowest BCUT2D eigenvalue weighted by atomic mass is 10.0. The molecule has 5 rings (SSSR count). The highest BCUT2D eigenvalue weighted by atomic mass is 19.1. The van der Waals surface area contributed by atoms with Crippen LogP contribution in [0.25, 0.3) is 10.9 Å². The van der Waals surface area contributed by atoms with Gasteiger partial charge in [-0.25, -0.2) is 4.39 Å². The Hall–Kier alpha value is -4.46. The summed E-state index contributed by atoms with van der Waals surface area (Å²) >= 11 is 0. The van der Waals surface area contributed by atoms with Crippen molar-refractivity contribution in [2.75, 3.05) is 17.7 Å². The number of aromatic nitrogens is 1. The third-order valence-electron chi connectivity index (χ3n) is 5.89. The van der Waals surface area contributed by atoms with Gasteiger partial charge in [-0.3, -0.25) is 14.6 Å². The number of nitrogens with one attached hydrogen (secondary N) is 2. The molecular formula is C27H21FN3O4. The summed E-state index contributed by atoms with van der Waals surface area (Å²) < 4.78 is 24.4. The summed E-state index contributed by atoms with van der Waals surface area (Å²) in [6.07, 6.45) is 2.55. The number of carbonyl (C=O) groups is 2. The summed E-state index contributed by atoms with van der Waals surface area (Å²) in [5.74, 6) is 0.564. The van der Waals surface area contributed by atoms with E-state index in [9.17, 15) is 14.0 Å². The molecule has 1 aromatic heterocycles. The molecule has 1 aliphatic rings. The predicted molar refractivity (Wildman–Crippen MR) is 129 cm³/mol. The molecule has 2 N–H and O–H groups in total. The van der Waals surface area contributed by atoms with Gasteiger partial charge in [-0.15, -0.1) is 0 Å². The van der Waals surface area contributed by atoms with Gasteiger partial charge in [-0.2, -0.15) is 0 Å². The van der Waals surface area contributed by atoms with Crippen molar-refractivity contribution in [1.29, 1.82) is 0 Å². The minimum absolute atomic E-state index is 0.380. The third-order valence-corrected chi connectivity index (χ3v) is 5.89. The van der Waals surface area contributed by atoms with Crippen LogP contribution < -0.4 is 20.1 Å². The lowest BCUT2D eigenvalue weighted by molar-refractivity contribution is -0.131. The average Bonchev–Trinajstić information content (AvgIpc) is 3.69. The van der Waals surface area contributed by atoms with Gasteiger partial charge >= 0.3 is 0 Å². The van der Waals surface area contributed by atoms with Gasteiger partial charge in [-0.05, 0) is 79.6 Å². The summed E-state index contributed by atoms with van der Waals surface area (Å²) in [5.41, 5.74) is 0.575. The molecule has 7 nitrogen and oxygen atoms in total. The number of rotatable bonds is 7. The van der Waals surface area contributed by atoms with Gasteiger partial charge < -0.3 is 20.1 Å². The molecule has 4 aromatic rings. The number of hydrogen-bond donors (Lipinski definition) is 2. The average molecular weight is 470 g/mol. The third kappa shape index (κ3) is 4.63. The van der Waals surface area contributed by atoms with Crippen LogP contribution in [0.5, 0.6) is 17.2 Å². The first kappa shape index (κ1) is 22.3. The first-order valence-corrected chi connectivity index (χ1v) is 11.0. The van der Waals surface area contributed by atoms with Gasteiger partial charge in [0.2, 0.25) is 11.8 Å². The number of fused-ring (bicyclic) bond motifs is 1. The van der Waals surface area contributed by atoms with Crippen molar-refractivity contribution in [2.45, 2.75) is 12.8 Å². The van der Waals surface area contributed by atoms with Crippen LogP contribution in [0.3, 0.4) is 0 Å².